The maximum Gasteiger partial charge on any atom is 0.227 e. The molecule has 1 spiro atoms. The lowest BCUT2D eigenvalue weighted by Crippen LogP contribution is -2.47. The second kappa shape index (κ2) is 6.37. The van der Waals surface area contributed by atoms with E-state index in [1.807, 2.05) is 29.2 Å². The van der Waals surface area contributed by atoms with Gasteiger partial charge in [0.05, 0.1) is 6.42 Å². The van der Waals surface area contributed by atoms with Crippen molar-refractivity contribution < 1.29 is 4.79 Å². The Bertz CT molecular complexity index is 501. The first kappa shape index (κ1) is 14.9. The molecule has 0 aliphatic carbocycles. The number of hydrogen-bond acceptors (Lipinski definition) is 2. The minimum absolute atomic E-state index is 0.215. The Morgan fingerprint density at radius 2 is 1.81 bits per heavy atom. The molecule has 4 heteroatoms. The third kappa shape index (κ3) is 3.41. The van der Waals surface area contributed by atoms with Crippen molar-refractivity contribution in [3.63, 3.8) is 0 Å². The van der Waals surface area contributed by atoms with Crippen molar-refractivity contribution in [3.8, 4) is 0 Å². The van der Waals surface area contributed by atoms with E-state index in [0.717, 1.165) is 44.6 Å². The summed E-state index contributed by atoms with van der Waals surface area (Å²) in [6.07, 6.45) is 5.26. The van der Waals surface area contributed by atoms with Crippen LogP contribution in [-0.2, 0) is 11.2 Å². The van der Waals surface area contributed by atoms with Gasteiger partial charge in [0, 0.05) is 18.1 Å². The summed E-state index contributed by atoms with van der Waals surface area (Å²) in [6.45, 7) is 4.08. The highest BCUT2D eigenvalue weighted by molar-refractivity contribution is 6.31. The number of nitrogens with zero attached hydrogens (tertiary/aromatic N) is 1. The predicted molar refractivity (Wildman–Crippen MR) is 85.5 cm³/mol. The SMILES string of the molecule is O=C(Cc1ccccc1Cl)N1CCC2(CCNCC2)CC1. The highest BCUT2D eigenvalue weighted by atomic mass is 35.5. The van der Waals surface area contributed by atoms with Crippen LogP contribution in [0.3, 0.4) is 0 Å². The summed E-state index contributed by atoms with van der Waals surface area (Å²) < 4.78 is 0. The molecule has 2 heterocycles. The van der Waals surface area contributed by atoms with Crippen LogP contribution in [0.1, 0.15) is 31.2 Å². The number of hydrogen-bond donors (Lipinski definition) is 1. The van der Waals surface area contributed by atoms with Crippen LogP contribution in [0.5, 0.6) is 0 Å². The fourth-order valence-electron chi connectivity index (χ4n) is 3.60. The zero-order chi connectivity index (χ0) is 14.7. The molecule has 0 saturated carbocycles. The van der Waals surface area contributed by atoms with E-state index in [4.69, 9.17) is 11.6 Å². The van der Waals surface area contributed by atoms with Crippen molar-refractivity contribution in [1.29, 1.82) is 0 Å². The molecule has 1 aromatic rings. The molecule has 1 N–H and O–H groups in total. The van der Waals surface area contributed by atoms with Gasteiger partial charge in [-0.1, -0.05) is 29.8 Å². The van der Waals surface area contributed by atoms with Crippen LogP contribution in [0.25, 0.3) is 0 Å². The third-order valence-corrected chi connectivity index (χ3v) is 5.51. The molecule has 1 aromatic carbocycles. The second-order valence-corrected chi connectivity index (χ2v) is 6.81. The van der Waals surface area contributed by atoms with Gasteiger partial charge in [-0.2, -0.15) is 0 Å². The summed E-state index contributed by atoms with van der Waals surface area (Å²) in [5.41, 5.74) is 1.43. The summed E-state index contributed by atoms with van der Waals surface area (Å²) in [5, 5.41) is 4.13. The Labute approximate surface area is 131 Å². The predicted octanol–water partition coefficient (Wildman–Crippen LogP) is 2.87. The molecule has 2 aliphatic rings. The van der Waals surface area contributed by atoms with Crippen LogP contribution >= 0.6 is 11.6 Å². The number of nitrogens with one attached hydrogen (secondary N) is 1. The molecule has 2 saturated heterocycles. The lowest BCUT2D eigenvalue weighted by Gasteiger charge is -2.44. The van der Waals surface area contributed by atoms with Gasteiger partial charge in [0.2, 0.25) is 5.91 Å². The van der Waals surface area contributed by atoms with E-state index in [9.17, 15) is 4.79 Å². The number of benzene rings is 1. The van der Waals surface area contributed by atoms with Crippen molar-refractivity contribution in [2.75, 3.05) is 26.2 Å². The monoisotopic (exact) mass is 306 g/mol. The molecule has 3 rings (SSSR count). The van der Waals surface area contributed by atoms with Gasteiger partial charge >= 0.3 is 0 Å². The van der Waals surface area contributed by atoms with Gasteiger partial charge in [-0.05, 0) is 55.8 Å². The minimum atomic E-state index is 0.215. The first-order valence-electron chi connectivity index (χ1n) is 7.90. The quantitative estimate of drug-likeness (QED) is 0.911. The first-order valence-corrected chi connectivity index (χ1v) is 8.28. The minimum Gasteiger partial charge on any atom is -0.342 e. The van der Waals surface area contributed by atoms with Crippen LogP contribution in [0.15, 0.2) is 24.3 Å². The van der Waals surface area contributed by atoms with Gasteiger partial charge in [-0.15, -0.1) is 0 Å². The zero-order valence-corrected chi connectivity index (χ0v) is 13.2. The molecule has 2 fully saturated rings. The van der Waals surface area contributed by atoms with Gasteiger partial charge in [0.15, 0.2) is 0 Å². The van der Waals surface area contributed by atoms with Gasteiger partial charge in [0.1, 0.15) is 0 Å². The molecule has 0 atom stereocenters. The number of carbonyl (C=O) groups excluding carboxylic acids is 1. The van der Waals surface area contributed by atoms with E-state index in [1.54, 1.807) is 0 Å². The number of amides is 1. The number of rotatable bonds is 2. The van der Waals surface area contributed by atoms with Crippen molar-refractivity contribution in [2.24, 2.45) is 5.41 Å². The highest BCUT2D eigenvalue weighted by Gasteiger charge is 2.36. The van der Waals surface area contributed by atoms with E-state index in [1.165, 1.54) is 12.8 Å². The van der Waals surface area contributed by atoms with Gasteiger partial charge < -0.3 is 10.2 Å². The van der Waals surface area contributed by atoms with E-state index in [2.05, 4.69) is 5.32 Å². The van der Waals surface area contributed by atoms with Crippen LogP contribution in [0.2, 0.25) is 5.02 Å². The van der Waals surface area contributed by atoms with E-state index in [0.29, 0.717) is 16.9 Å². The molecule has 0 unspecified atom stereocenters. The normalized spacial score (nSPS) is 21.5. The molecule has 114 valence electrons. The fraction of sp³-hybridized carbons (Fsp3) is 0.588. The van der Waals surface area contributed by atoms with Crippen molar-refractivity contribution in [1.82, 2.24) is 10.2 Å². The van der Waals surface area contributed by atoms with Crippen LogP contribution in [0, 0.1) is 5.41 Å². The van der Waals surface area contributed by atoms with Crippen LogP contribution in [-0.4, -0.2) is 37.0 Å². The lowest BCUT2D eigenvalue weighted by molar-refractivity contribution is -0.133. The molecule has 0 bridgehead atoms. The number of piperidine rings is 2. The molecule has 2 aliphatic heterocycles. The van der Waals surface area contributed by atoms with Crippen molar-refractivity contribution in [3.05, 3.63) is 34.9 Å². The number of carbonyl (C=O) groups is 1. The Kier molecular flexibility index (Phi) is 4.51. The summed E-state index contributed by atoms with van der Waals surface area (Å²) in [7, 11) is 0. The van der Waals surface area contributed by atoms with Gasteiger partial charge in [-0.3, -0.25) is 4.79 Å². The molecule has 3 nitrogen and oxygen atoms in total. The van der Waals surface area contributed by atoms with Gasteiger partial charge in [0.25, 0.3) is 0 Å². The third-order valence-electron chi connectivity index (χ3n) is 5.14. The summed E-state index contributed by atoms with van der Waals surface area (Å²) in [5.74, 6) is 0.215. The maximum atomic E-state index is 12.4. The summed E-state index contributed by atoms with van der Waals surface area (Å²) in [4.78, 5) is 14.5. The Morgan fingerprint density at radius 3 is 2.48 bits per heavy atom. The Morgan fingerprint density at radius 1 is 1.14 bits per heavy atom. The molecular formula is C17H23ClN2O. The van der Waals surface area contributed by atoms with E-state index in [-0.39, 0.29) is 5.91 Å². The average molecular weight is 307 g/mol. The summed E-state index contributed by atoms with van der Waals surface area (Å²) in [6, 6.07) is 7.63. The standard InChI is InChI=1S/C17H23ClN2O/c18-15-4-2-1-3-14(15)13-16(21)20-11-7-17(8-12-20)5-9-19-10-6-17/h1-4,19H,5-13H2. The van der Waals surface area contributed by atoms with Crippen LogP contribution < -0.4 is 5.32 Å². The molecule has 21 heavy (non-hydrogen) atoms. The lowest BCUT2D eigenvalue weighted by atomic mass is 9.71. The van der Waals surface area contributed by atoms with Gasteiger partial charge in [-0.25, -0.2) is 0 Å². The highest BCUT2D eigenvalue weighted by Crippen LogP contribution is 2.39. The molecule has 1 amide bonds. The number of likely N-dealkylation sites (tertiary alicyclic amines) is 1. The largest absolute Gasteiger partial charge is 0.342 e. The summed E-state index contributed by atoms with van der Waals surface area (Å²) >= 11 is 6.15. The topological polar surface area (TPSA) is 32.3 Å². The van der Waals surface area contributed by atoms with Crippen molar-refractivity contribution in [2.45, 2.75) is 32.1 Å². The Balaban J connectivity index is 1.57. The first-order chi connectivity index (χ1) is 10.2. The average Bonchev–Trinajstić information content (AvgIpc) is 2.51. The maximum absolute atomic E-state index is 12.4. The second-order valence-electron chi connectivity index (χ2n) is 6.40. The number of halogens is 1. The smallest absolute Gasteiger partial charge is 0.227 e. The molecule has 0 radical (unpaired) electrons. The Hall–Kier alpha value is -1.06. The zero-order valence-electron chi connectivity index (χ0n) is 12.4. The molecule has 0 aromatic heterocycles. The van der Waals surface area contributed by atoms with Crippen LogP contribution in [0.4, 0.5) is 0 Å². The fourth-order valence-corrected chi connectivity index (χ4v) is 3.81. The van der Waals surface area contributed by atoms with Crippen molar-refractivity contribution >= 4 is 17.5 Å². The van der Waals surface area contributed by atoms with E-state index >= 15 is 0 Å². The molecular weight excluding hydrogens is 284 g/mol. The van der Waals surface area contributed by atoms with E-state index < -0.39 is 0 Å².